The Morgan fingerprint density at radius 1 is 1.29 bits per heavy atom. The van der Waals surface area contributed by atoms with Crippen LogP contribution in [0.5, 0.6) is 0 Å². The third-order valence-corrected chi connectivity index (χ3v) is 1.60. The zero-order valence-corrected chi connectivity index (χ0v) is 8.28. The summed E-state index contributed by atoms with van der Waals surface area (Å²) in [5, 5.41) is 8.68. The van der Waals surface area contributed by atoms with Crippen molar-refractivity contribution in [2.45, 2.75) is 26.7 Å². The first-order valence-electron chi connectivity index (χ1n) is 4.35. The molecule has 0 rings (SSSR count). The summed E-state index contributed by atoms with van der Waals surface area (Å²) in [4.78, 5) is 32.2. The molecule has 80 valence electrons. The molecule has 0 bridgehead atoms. The molecule has 5 heteroatoms. The minimum atomic E-state index is -1.15. The Bertz CT molecular complexity index is 233. The van der Waals surface area contributed by atoms with Crippen molar-refractivity contribution in [3.8, 4) is 0 Å². The number of rotatable bonds is 6. The third-order valence-electron chi connectivity index (χ3n) is 1.60. The Morgan fingerprint density at radius 3 is 2.21 bits per heavy atom. The standard InChI is InChI=1S/C9H14O5/c1-3-14-8(11)5-7(9(12)13)4-6(2)10/h7H,3-5H2,1-2H3,(H,12,13). The highest BCUT2D eigenvalue weighted by atomic mass is 16.5. The fraction of sp³-hybridized carbons (Fsp3) is 0.667. The molecule has 0 aromatic carbocycles. The van der Waals surface area contributed by atoms with Gasteiger partial charge in [-0.1, -0.05) is 0 Å². The summed E-state index contributed by atoms with van der Waals surface area (Å²) >= 11 is 0. The van der Waals surface area contributed by atoms with Gasteiger partial charge in [-0.15, -0.1) is 0 Å². The molecule has 0 aromatic rings. The van der Waals surface area contributed by atoms with Crippen LogP contribution in [0.25, 0.3) is 0 Å². The van der Waals surface area contributed by atoms with Gasteiger partial charge in [0.05, 0.1) is 18.9 Å². The molecule has 0 spiro atoms. The van der Waals surface area contributed by atoms with Crippen molar-refractivity contribution in [2.24, 2.45) is 5.92 Å². The fourth-order valence-corrected chi connectivity index (χ4v) is 1.01. The third kappa shape index (κ3) is 5.29. The van der Waals surface area contributed by atoms with Crippen LogP contribution < -0.4 is 0 Å². The molecule has 14 heavy (non-hydrogen) atoms. The second kappa shape index (κ2) is 6.12. The van der Waals surface area contributed by atoms with Gasteiger partial charge in [-0.2, -0.15) is 0 Å². The van der Waals surface area contributed by atoms with Crippen molar-refractivity contribution in [1.29, 1.82) is 0 Å². The number of Topliss-reactive ketones (excluding diaryl/α,β-unsaturated/α-hetero) is 1. The quantitative estimate of drug-likeness (QED) is 0.638. The normalized spacial score (nSPS) is 11.9. The predicted octanol–water partition coefficient (Wildman–Crippen LogP) is 0.620. The highest BCUT2D eigenvalue weighted by Gasteiger charge is 2.23. The molecule has 5 nitrogen and oxygen atoms in total. The monoisotopic (exact) mass is 202 g/mol. The van der Waals surface area contributed by atoms with Crippen LogP contribution in [0.1, 0.15) is 26.7 Å². The largest absolute Gasteiger partial charge is 0.481 e. The zero-order chi connectivity index (χ0) is 11.1. The molecule has 0 aliphatic carbocycles. The van der Waals surface area contributed by atoms with Crippen LogP contribution >= 0.6 is 0 Å². The number of esters is 1. The molecule has 0 aliphatic rings. The van der Waals surface area contributed by atoms with Crippen LogP contribution in [-0.4, -0.2) is 29.4 Å². The number of ether oxygens (including phenoxy) is 1. The smallest absolute Gasteiger partial charge is 0.307 e. The van der Waals surface area contributed by atoms with Gasteiger partial charge in [0.1, 0.15) is 5.78 Å². The van der Waals surface area contributed by atoms with Crippen molar-refractivity contribution < 1.29 is 24.2 Å². The van der Waals surface area contributed by atoms with Gasteiger partial charge in [0.2, 0.25) is 0 Å². The molecule has 0 fully saturated rings. The highest BCUT2D eigenvalue weighted by Crippen LogP contribution is 2.10. The van der Waals surface area contributed by atoms with Crippen LogP contribution in [0.2, 0.25) is 0 Å². The summed E-state index contributed by atoms with van der Waals surface area (Å²) in [6.45, 7) is 3.14. The molecular weight excluding hydrogens is 188 g/mol. The minimum Gasteiger partial charge on any atom is -0.481 e. The van der Waals surface area contributed by atoms with Gasteiger partial charge in [-0.05, 0) is 13.8 Å². The molecule has 0 saturated heterocycles. The average molecular weight is 202 g/mol. The first kappa shape index (κ1) is 12.6. The van der Waals surface area contributed by atoms with E-state index in [2.05, 4.69) is 4.74 Å². The van der Waals surface area contributed by atoms with Crippen LogP contribution in [0.3, 0.4) is 0 Å². The molecule has 1 N–H and O–H groups in total. The van der Waals surface area contributed by atoms with Crippen molar-refractivity contribution in [3.63, 3.8) is 0 Å². The van der Waals surface area contributed by atoms with Crippen molar-refractivity contribution in [3.05, 3.63) is 0 Å². The summed E-state index contributed by atoms with van der Waals surface area (Å²) in [6, 6.07) is 0. The van der Waals surface area contributed by atoms with Gasteiger partial charge < -0.3 is 14.6 Å². The Balaban J connectivity index is 4.16. The van der Waals surface area contributed by atoms with E-state index < -0.39 is 17.9 Å². The van der Waals surface area contributed by atoms with E-state index in [1.54, 1.807) is 6.92 Å². The Kier molecular flexibility index (Phi) is 5.52. The molecule has 0 radical (unpaired) electrons. The molecule has 0 aromatic heterocycles. The number of ketones is 1. The lowest BCUT2D eigenvalue weighted by atomic mass is 10.00. The molecule has 0 saturated carbocycles. The first-order valence-corrected chi connectivity index (χ1v) is 4.35. The van der Waals surface area contributed by atoms with E-state index in [1.807, 2.05) is 0 Å². The number of carbonyl (C=O) groups excluding carboxylic acids is 2. The molecule has 0 amide bonds. The van der Waals surface area contributed by atoms with Gasteiger partial charge in [-0.25, -0.2) is 0 Å². The molecule has 0 heterocycles. The average Bonchev–Trinajstić information content (AvgIpc) is 2.02. The number of aliphatic carboxylic acids is 1. The molecule has 0 aliphatic heterocycles. The Morgan fingerprint density at radius 2 is 1.86 bits per heavy atom. The first-order chi connectivity index (χ1) is 6.47. The number of carboxylic acids is 1. The zero-order valence-electron chi connectivity index (χ0n) is 8.28. The molecular formula is C9H14O5. The number of carboxylic acid groups (broad SMARTS) is 1. The van der Waals surface area contributed by atoms with Gasteiger partial charge in [-0.3, -0.25) is 9.59 Å². The maximum absolute atomic E-state index is 10.9. The van der Waals surface area contributed by atoms with E-state index in [9.17, 15) is 14.4 Å². The maximum atomic E-state index is 10.9. The van der Waals surface area contributed by atoms with Crippen molar-refractivity contribution >= 4 is 17.7 Å². The lowest BCUT2D eigenvalue weighted by Gasteiger charge is -2.08. The van der Waals surface area contributed by atoms with E-state index in [4.69, 9.17) is 5.11 Å². The van der Waals surface area contributed by atoms with Crippen LogP contribution in [-0.2, 0) is 19.1 Å². The SMILES string of the molecule is CCOC(=O)CC(CC(C)=O)C(=O)O. The number of hydrogen-bond acceptors (Lipinski definition) is 4. The lowest BCUT2D eigenvalue weighted by molar-refractivity contribution is -0.152. The summed E-state index contributed by atoms with van der Waals surface area (Å²) in [5.41, 5.74) is 0. The van der Waals surface area contributed by atoms with Gasteiger partial charge in [0.15, 0.2) is 0 Å². The number of hydrogen-bond donors (Lipinski definition) is 1. The van der Waals surface area contributed by atoms with Gasteiger partial charge in [0.25, 0.3) is 0 Å². The van der Waals surface area contributed by atoms with Crippen molar-refractivity contribution in [2.75, 3.05) is 6.61 Å². The van der Waals surface area contributed by atoms with Gasteiger partial charge >= 0.3 is 11.9 Å². The van der Waals surface area contributed by atoms with Gasteiger partial charge in [0, 0.05) is 6.42 Å². The van der Waals surface area contributed by atoms with E-state index >= 15 is 0 Å². The van der Waals surface area contributed by atoms with E-state index in [1.165, 1.54) is 6.92 Å². The number of carbonyl (C=O) groups is 3. The summed E-state index contributed by atoms with van der Waals surface area (Å²) in [6.07, 6.45) is -0.378. The second-order valence-corrected chi connectivity index (χ2v) is 2.95. The molecule has 1 atom stereocenters. The minimum absolute atomic E-state index is 0.131. The second-order valence-electron chi connectivity index (χ2n) is 2.95. The maximum Gasteiger partial charge on any atom is 0.307 e. The van der Waals surface area contributed by atoms with Crippen molar-refractivity contribution in [1.82, 2.24) is 0 Å². The van der Waals surface area contributed by atoms with Crippen LogP contribution in [0.15, 0.2) is 0 Å². The Hall–Kier alpha value is -1.39. The highest BCUT2D eigenvalue weighted by molar-refractivity contribution is 5.85. The fourth-order valence-electron chi connectivity index (χ4n) is 1.01. The van der Waals surface area contributed by atoms with Crippen LogP contribution in [0.4, 0.5) is 0 Å². The van der Waals surface area contributed by atoms with E-state index in [0.717, 1.165) is 0 Å². The predicted molar refractivity (Wildman–Crippen MR) is 47.7 cm³/mol. The lowest BCUT2D eigenvalue weighted by Crippen LogP contribution is -2.21. The summed E-state index contributed by atoms with van der Waals surface area (Å²) in [7, 11) is 0. The summed E-state index contributed by atoms with van der Waals surface area (Å²) < 4.78 is 4.59. The van der Waals surface area contributed by atoms with Crippen LogP contribution in [0, 0.1) is 5.92 Å². The summed E-state index contributed by atoms with van der Waals surface area (Å²) in [5.74, 6) is -2.94. The topological polar surface area (TPSA) is 80.7 Å². The van der Waals surface area contributed by atoms with E-state index in [-0.39, 0.29) is 25.2 Å². The Labute approximate surface area is 82.1 Å². The van der Waals surface area contributed by atoms with E-state index in [0.29, 0.717) is 0 Å². The molecule has 1 unspecified atom stereocenters.